The number of amides is 1. The van der Waals surface area contributed by atoms with E-state index in [2.05, 4.69) is 6.07 Å². The number of likely N-dealkylation sites (tertiary alicyclic amines) is 1. The van der Waals surface area contributed by atoms with E-state index in [0.717, 1.165) is 29.5 Å². The second kappa shape index (κ2) is 7.17. The van der Waals surface area contributed by atoms with Crippen LogP contribution in [0, 0.1) is 5.82 Å². The minimum absolute atomic E-state index is 0.0190. The van der Waals surface area contributed by atoms with Gasteiger partial charge in [-0.2, -0.15) is 0 Å². The molecule has 0 bridgehead atoms. The predicted molar refractivity (Wildman–Crippen MR) is 98.0 cm³/mol. The number of nitrogens with two attached hydrogens (primary N) is 1. The highest BCUT2D eigenvalue weighted by molar-refractivity contribution is 5.82. The predicted octanol–water partition coefficient (Wildman–Crippen LogP) is 2.75. The molecule has 0 spiro atoms. The van der Waals surface area contributed by atoms with Crippen LogP contribution in [0.3, 0.4) is 0 Å². The monoisotopic (exact) mass is 354 g/mol. The molecule has 5 heteroatoms. The average Bonchev–Trinajstić information content (AvgIpc) is 2.94. The number of halogens is 1. The lowest BCUT2D eigenvalue weighted by atomic mass is 9.96. The van der Waals surface area contributed by atoms with Gasteiger partial charge in [0.15, 0.2) is 0 Å². The van der Waals surface area contributed by atoms with Crippen LogP contribution in [0.15, 0.2) is 48.5 Å². The molecule has 2 N–H and O–H groups in total. The number of hydrogen-bond acceptors (Lipinski definition) is 3. The van der Waals surface area contributed by atoms with Crippen LogP contribution in [0.1, 0.15) is 18.4 Å². The molecule has 3 atom stereocenters. The summed E-state index contributed by atoms with van der Waals surface area (Å²) in [4.78, 5) is 14.5. The smallest absolute Gasteiger partial charge is 0.252 e. The zero-order valence-electron chi connectivity index (χ0n) is 14.6. The average molecular weight is 354 g/mol. The molecule has 4 rings (SSSR count). The highest BCUT2D eigenvalue weighted by atomic mass is 19.1. The van der Waals surface area contributed by atoms with Gasteiger partial charge in [-0.25, -0.2) is 4.39 Å². The molecule has 26 heavy (non-hydrogen) atoms. The number of hydrogen-bond donors (Lipinski definition) is 1. The Hall–Kier alpha value is -2.24. The molecule has 136 valence electrons. The van der Waals surface area contributed by atoms with E-state index in [9.17, 15) is 9.18 Å². The third-order valence-corrected chi connectivity index (χ3v) is 5.39. The third-order valence-electron chi connectivity index (χ3n) is 5.39. The van der Waals surface area contributed by atoms with Crippen molar-refractivity contribution in [2.75, 3.05) is 13.2 Å². The first-order chi connectivity index (χ1) is 12.6. The van der Waals surface area contributed by atoms with Gasteiger partial charge in [-0.15, -0.1) is 0 Å². The van der Waals surface area contributed by atoms with Crippen LogP contribution in [0.5, 0.6) is 0 Å². The number of ether oxygens (including phenoxy) is 1. The lowest BCUT2D eigenvalue weighted by Gasteiger charge is -2.34. The summed E-state index contributed by atoms with van der Waals surface area (Å²) >= 11 is 0. The molecule has 2 aliphatic rings. The lowest BCUT2D eigenvalue weighted by Crippen LogP contribution is -2.51. The van der Waals surface area contributed by atoms with Crippen molar-refractivity contribution in [2.24, 2.45) is 5.73 Å². The quantitative estimate of drug-likeness (QED) is 0.919. The Labute approximate surface area is 152 Å². The van der Waals surface area contributed by atoms with Gasteiger partial charge in [0.1, 0.15) is 11.9 Å². The fourth-order valence-electron chi connectivity index (χ4n) is 3.82. The summed E-state index contributed by atoms with van der Waals surface area (Å²) < 4.78 is 18.9. The van der Waals surface area contributed by atoms with E-state index in [1.807, 2.05) is 29.2 Å². The van der Waals surface area contributed by atoms with E-state index in [0.29, 0.717) is 19.6 Å². The zero-order valence-corrected chi connectivity index (χ0v) is 14.6. The van der Waals surface area contributed by atoms with E-state index in [4.69, 9.17) is 10.5 Å². The van der Waals surface area contributed by atoms with Crippen molar-refractivity contribution in [1.82, 2.24) is 4.90 Å². The molecule has 3 unspecified atom stereocenters. The van der Waals surface area contributed by atoms with Gasteiger partial charge in [-0.1, -0.05) is 36.4 Å². The molecular weight excluding hydrogens is 331 g/mol. The van der Waals surface area contributed by atoms with Gasteiger partial charge >= 0.3 is 0 Å². The maximum atomic E-state index is 13.5. The molecule has 0 aromatic heterocycles. The first-order valence-electron chi connectivity index (χ1n) is 9.14. The molecule has 1 amide bonds. The van der Waals surface area contributed by atoms with E-state index in [1.165, 1.54) is 12.1 Å². The summed E-state index contributed by atoms with van der Waals surface area (Å²) in [6, 6.07) is 14.6. The van der Waals surface area contributed by atoms with Crippen LogP contribution in [-0.4, -0.2) is 42.1 Å². The fraction of sp³-hybridized carbons (Fsp3) is 0.381. The Morgan fingerprint density at radius 3 is 2.58 bits per heavy atom. The minimum Gasteiger partial charge on any atom is -0.368 e. The third kappa shape index (κ3) is 3.37. The van der Waals surface area contributed by atoms with Crippen LogP contribution < -0.4 is 5.73 Å². The maximum absolute atomic E-state index is 13.5. The van der Waals surface area contributed by atoms with Gasteiger partial charge in [-0.3, -0.25) is 4.79 Å². The molecule has 2 aromatic rings. The van der Waals surface area contributed by atoms with Crippen LogP contribution in [0.4, 0.5) is 4.39 Å². The standard InChI is InChI=1S/C21H23FN2O2/c22-17-6-2-5-16(13-17)15-4-1-3-14(11-15)12-19-18(23)7-9-24(19)21(25)20-8-10-26-20/h1-6,11,13,18-20H,7-10,12,23H2. The van der Waals surface area contributed by atoms with Gasteiger partial charge in [0.05, 0.1) is 12.6 Å². The number of rotatable bonds is 4. The molecular formula is C21H23FN2O2. The fourth-order valence-corrected chi connectivity index (χ4v) is 3.82. The van der Waals surface area contributed by atoms with Crippen molar-refractivity contribution < 1.29 is 13.9 Å². The summed E-state index contributed by atoms with van der Waals surface area (Å²) in [5.41, 5.74) is 9.21. The second-order valence-electron chi connectivity index (χ2n) is 7.11. The Morgan fingerprint density at radius 1 is 1.15 bits per heavy atom. The minimum atomic E-state index is -0.290. The van der Waals surface area contributed by atoms with Crippen LogP contribution in [-0.2, 0) is 16.0 Å². The van der Waals surface area contributed by atoms with Gasteiger partial charge in [0.2, 0.25) is 0 Å². The Bertz CT molecular complexity index is 806. The first-order valence-corrected chi connectivity index (χ1v) is 9.14. The highest BCUT2D eigenvalue weighted by Gasteiger charge is 2.39. The summed E-state index contributed by atoms with van der Waals surface area (Å²) in [5, 5.41) is 0. The van der Waals surface area contributed by atoms with Crippen LogP contribution in [0.25, 0.3) is 11.1 Å². The van der Waals surface area contributed by atoms with Crippen molar-refractivity contribution in [3.8, 4) is 11.1 Å². The van der Waals surface area contributed by atoms with Crippen molar-refractivity contribution in [3.05, 3.63) is 59.9 Å². The highest BCUT2D eigenvalue weighted by Crippen LogP contribution is 2.27. The van der Waals surface area contributed by atoms with Gasteiger partial charge in [0, 0.05) is 19.0 Å². The summed E-state index contributed by atoms with van der Waals surface area (Å²) in [6.07, 6.45) is 2.02. The molecule has 0 saturated carbocycles. The molecule has 2 aliphatic heterocycles. The first kappa shape index (κ1) is 17.2. The molecule has 2 aromatic carbocycles. The van der Waals surface area contributed by atoms with E-state index in [1.54, 1.807) is 6.07 Å². The summed E-state index contributed by atoms with van der Waals surface area (Å²) in [7, 11) is 0. The largest absolute Gasteiger partial charge is 0.368 e. The summed E-state index contributed by atoms with van der Waals surface area (Å²) in [5.74, 6) is -0.182. The molecule has 4 nitrogen and oxygen atoms in total. The topological polar surface area (TPSA) is 55.6 Å². The molecule has 2 heterocycles. The lowest BCUT2D eigenvalue weighted by molar-refractivity contribution is -0.157. The van der Waals surface area contributed by atoms with Crippen LogP contribution in [0.2, 0.25) is 0 Å². The van der Waals surface area contributed by atoms with E-state index < -0.39 is 0 Å². The van der Waals surface area contributed by atoms with Gasteiger partial charge < -0.3 is 15.4 Å². The van der Waals surface area contributed by atoms with Crippen molar-refractivity contribution in [3.63, 3.8) is 0 Å². The summed E-state index contributed by atoms with van der Waals surface area (Å²) in [6.45, 7) is 1.35. The normalized spacial score (nSPS) is 25.2. The second-order valence-corrected chi connectivity index (χ2v) is 7.11. The Morgan fingerprint density at radius 2 is 1.88 bits per heavy atom. The molecule has 0 radical (unpaired) electrons. The van der Waals surface area contributed by atoms with E-state index >= 15 is 0 Å². The molecule has 2 fully saturated rings. The number of nitrogens with zero attached hydrogens (tertiary/aromatic N) is 1. The van der Waals surface area contributed by atoms with Crippen molar-refractivity contribution >= 4 is 5.91 Å². The maximum Gasteiger partial charge on any atom is 0.252 e. The van der Waals surface area contributed by atoms with Gasteiger partial charge in [-0.05, 0) is 41.7 Å². The van der Waals surface area contributed by atoms with E-state index in [-0.39, 0.29) is 29.9 Å². The number of benzene rings is 2. The van der Waals surface area contributed by atoms with Crippen LogP contribution >= 0.6 is 0 Å². The van der Waals surface area contributed by atoms with Crippen molar-refractivity contribution in [1.29, 1.82) is 0 Å². The molecule has 0 aliphatic carbocycles. The zero-order chi connectivity index (χ0) is 18.1. The SMILES string of the molecule is NC1CCN(C(=O)C2CCO2)C1Cc1cccc(-c2cccc(F)c2)c1. The molecule has 2 saturated heterocycles. The Kier molecular flexibility index (Phi) is 4.74. The van der Waals surface area contributed by atoms with Gasteiger partial charge in [0.25, 0.3) is 5.91 Å². The number of carbonyl (C=O) groups is 1. The number of carbonyl (C=O) groups excluding carboxylic acids is 1. The Balaban J connectivity index is 1.54. The van der Waals surface area contributed by atoms with Crippen molar-refractivity contribution in [2.45, 2.75) is 37.5 Å².